The van der Waals surface area contributed by atoms with Crippen molar-refractivity contribution in [3.63, 3.8) is 0 Å². The normalized spacial score (nSPS) is 21.3. The number of rotatable bonds is 5. The number of carbonyl (C=O) groups excluding carboxylic acids is 1. The minimum Gasteiger partial charge on any atom is -0.398 e. The van der Waals surface area contributed by atoms with Crippen molar-refractivity contribution in [3.05, 3.63) is 65.7 Å². The quantitative estimate of drug-likeness (QED) is 0.265. The van der Waals surface area contributed by atoms with Crippen molar-refractivity contribution in [1.82, 2.24) is 16.0 Å². The molecular formula is C23H28N6O. The molecule has 1 aliphatic rings. The summed E-state index contributed by atoms with van der Waals surface area (Å²) >= 11 is 0. The largest absolute Gasteiger partial charge is 0.398 e. The number of carbonyl (C=O) groups is 1. The Morgan fingerprint density at radius 3 is 2.47 bits per heavy atom. The second kappa shape index (κ2) is 9.79. The lowest BCUT2D eigenvalue weighted by molar-refractivity contribution is 0.0936. The van der Waals surface area contributed by atoms with E-state index in [1.54, 1.807) is 19.2 Å². The fourth-order valence-electron chi connectivity index (χ4n) is 4.13. The second-order valence-electron chi connectivity index (χ2n) is 7.65. The molecule has 1 saturated carbocycles. The Labute approximate surface area is 177 Å². The summed E-state index contributed by atoms with van der Waals surface area (Å²) in [6.07, 6.45) is 5.43. The van der Waals surface area contributed by atoms with Gasteiger partial charge in [-0.05, 0) is 43.4 Å². The third-order valence-electron chi connectivity index (χ3n) is 5.86. The minimum absolute atomic E-state index is 0.148. The van der Waals surface area contributed by atoms with Crippen molar-refractivity contribution < 1.29 is 4.79 Å². The van der Waals surface area contributed by atoms with Crippen molar-refractivity contribution >= 4 is 17.6 Å². The molecule has 0 aromatic heterocycles. The maximum atomic E-state index is 12.7. The Hall–Kier alpha value is -3.53. The van der Waals surface area contributed by atoms with Crippen molar-refractivity contribution in [2.24, 2.45) is 4.99 Å². The molecule has 30 heavy (non-hydrogen) atoms. The number of nitrogen functional groups attached to an aromatic ring is 1. The molecule has 1 fully saturated rings. The highest BCUT2D eigenvalue weighted by atomic mass is 16.1. The molecule has 0 aliphatic heterocycles. The zero-order valence-corrected chi connectivity index (χ0v) is 17.2. The molecule has 7 heteroatoms. The first kappa shape index (κ1) is 21.2. The van der Waals surface area contributed by atoms with Crippen LogP contribution >= 0.6 is 0 Å². The van der Waals surface area contributed by atoms with E-state index in [1.807, 2.05) is 36.5 Å². The fourth-order valence-corrected chi connectivity index (χ4v) is 4.13. The van der Waals surface area contributed by atoms with Gasteiger partial charge in [-0.2, -0.15) is 5.26 Å². The van der Waals surface area contributed by atoms with Crippen LogP contribution in [0.5, 0.6) is 0 Å². The molecule has 0 radical (unpaired) electrons. The van der Waals surface area contributed by atoms with Gasteiger partial charge in [-0.25, -0.2) is 0 Å². The van der Waals surface area contributed by atoms with Crippen LogP contribution in [0.3, 0.4) is 0 Å². The summed E-state index contributed by atoms with van der Waals surface area (Å²) in [4.78, 5) is 16.5. The number of anilines is 1. The van der Waals surface area contributed by atoms with E-state index in [2.05, 4.69) is 33.1 Å². The van der Waals surface area contributed by atoms with Crippen molar-refractivity contribution in [1.29, 1.82) is 5.26 Å². The highest BCUT2D eigenvalue weighted by Crippen LogP contribution is 2.39. The van der Waals surface area contributed by atoms with E-state index in [-0.39, 0.29) is 17.4 Å². The Kier molecular flexibility index (Phi) is 6.91. The first-order chi connectivity index (χ1) is 14.6. The lowest BCUT2D eigenvalue weighted by Crippen LogP contribution is -2.49. The lowest BCUT2D eigenvalue weighted by atomic mass is 9.68. The summed E-state index contributed by atoms with van der Waals surface area (Å²) in [5.41, 5.74) is 8.03. The number of aliphatic imine (C=N–C) groups is 1. The van der Waals surface area contributed by atoms with E-state index in [0.717, 1.165) is 25.7 Å². The van der Waals surface area contributed by atoms with Gasteiger partial charge in [0.1, 0.15) is 0 Å². The molecular weight excluding hydrogens is 376 g/mol. The van der Waals surface area contributed by atoms with Crippen LogP contribution in [0, 0.1) is 11.5 Å². The van der Waals surface area contributed by atoms with E-state index in [9.17, 15) is 4.79 Å². The number of nitrogens with zero attached hydrogens (tertiary/aromatic N) is 2. The standard InChI is InChI=1S/C23H28N6O/c1-26-22(28-16-24)29-18-11-13-23(14-12-18,17-7-3-2-4-8-17)15-27-21(30)19-9-5-6-10-20(19)25/h2-10,18H,11-15,25H2,1H3,(H,27,30)(H2,26,28,29)/t18-,23-. The molecule has 0 unspecified atom stereocenters. The first-order valence-corrected chi connectivity index (χ1v) is 10.2. The maximum Gasteiger partial charge on any atom is 0.253 e. The van der Waals surface area contributed by atoms with Gasteiger partial charge in [0.05, 0.1) is 5.56 Å². The van der Waals surface area contributed by atoms with Crippen molar-refractivity contribution in [2.75, 3.05) is 19.3 Å². The van der Waals surface area contributed by atoms with Crippen molar-refractivity contribution in [2.45, 2.75) is 37.1 Å². The van der Waals surface area contributed by atoms with Crippen LogP contribution in [0.4, 0.5) is 5.69 Å². The number of para-hydroxylation sites is 1. The van der Waals surface area contributed by atoms with Crippen LogP contribution in [0.2, 0.25) is 0 Å². The number of amides is 1. The molecule has 0 heterocycles. The minimum atomic E-state index is -0.151. The zero-order chi connectivity index (χ0) is 21.4. The molecule has 7 nitrogen and oxygen atoms in total. The van der Waals surface area contributed by atoms with Crippen molar-refractivity contribution in [3.8, 4) is 6.19 Å². The molecule has 0 saturated heterocycles. The predicted molar refractivity (Wildman–Crippen MR) is 119 cm³/mol. The van der Waals surface area contributed by atoms with Gasteiger partial charge in [-0.1, -0.05) is 42.5 Å². The number of guanidine groups is 1. The highest BCUT2D eigenvalue weighted by molar-refractivity contribution is 5.99. The zero-order valence-electron chi connectivity index (χ0n) is 17.2. The summed E-state index contributed by atoms with van der Waals surface area (Å²) < 4.78 is 0. The van der Waals surface area contributed by atoms with Gasteiger partial charge in [0, 0.05) is 30.7 Å². The Morgan fingerprint density at radius 1 is 1.17 bits per heavy atom. The average molecular weight is 405 g/mol. The number of benzene rings is 2. The van der Waals surface area contributed by atoms with Crippen LogP contribution in [0.25, 0.3) is 0 Å². The number of nitriles is 1. The summed E-state index contributed by atoms with van der Waals surface area (Å²) in [7, 11) is 1.74. The third kappa shape index (κ3) is 4.90. The molecule has 0 atom stereocenters. The Morgan fingerprint density at radius 2 is 1.83 bits per heavy atom. The van der Waals surface area contributed by atoms with Crippen LogP contribution in [0.15, 0.2) is 59.6 Å². The highest BCUT2D eigenvalue weighted by Gasteiger charge is 2.37. The molecule has 1 amide bonds. The Bertz CT molecular complexity index is 926. The van der Waals surface area contributed by atoms with Gasteiger partial charge in [-0.15, -0.1) is 4.99 Å². The van der Waals surface area contributed by atoms with E-state index in [0.29, 0.717) is 23.8 Å². The molecule has 0 spiro atoms. The second-order valence-corrected chi connectivity index (χ2v) is 7.65. The molecule has 3 rings (SSSR count). The average Bonchev–Trinajstić information content (AvgIpc) is 2.79. The lowest BCUT2D eigenvalue weighted by Gasteiger charge is -2.41. The monoisotopic (exact) mass is 404 g/mol. The van der Waals surface area contributed by atoms with Gasteiger partial charge >= 0.3 is 0 Å². The third-order valence-corrected chi connectivity index (χ3v) is 5.86. The van der Waals surface area contributed by atoms with Gasteiger partial charge in [0.15, 0.2) is 0 Å². The number of hydrogen-bond acceptors (Lipinski definition) is 4. The maximum absolute atomic E-state index is 12.7. The smallest absolute Gasteiger partial charge is 0.253 e. The fraction of sp³-hybridized carbons (Fsp3) is 0.348. The molecule has 156 valence electrons. The van der Waals surface area contributed by atoms with E-state index >= 15 is 0 Å². The van der Waals surface area contributed by atoms with Gasteiger partial charge < -0.3 is 21.7 Å². The molecule has 2 aromatic carbocycles. The van der Waals surface area contributed by atoms with Gasteiger partial charge in [0.2, 0.25) is 12.2 Å². The SMILES string of the molecule is CN/C(=N\C#N)N[C@H]1CC[C@](CNC(=O)c2ccccc2N)(c2ccccc2)CC1. The van der Waals surface area contributed by atoms with Gasteiger partial charge in [0.25, 0.3) is 5.91 Å². The molecule has 2 aromatic rings. The number of nitrogens with two attached hydrogens (primary N) is 1. The van der Waals surface area contributed by atoms with E-state index in [1.165, 1.54) is 5.56 Å². The van der Waals surface area contributed by atoms with Crippen LogP contribution in [-0.2, 0) is 5.41 Å². The molecule has 1 aliphatic carbocycles. The van der Waals surface area contributed by atoms with Crippen LogP contribution < -0.4 is 21.7 Å². The topological polar surface area (TPSA) is 115 Å². The summed E-state index contributed by atoms with van der Waals surface area (Å²) in [6.45, 7) is 0.544. The van der Waals surface area contributed by atoms with E-state index < -0.39 is 0 Å². The van der Waals surface area contributed by atoms with E-state index in [4.69, 9.17) is 11.0 Å². The molecule has 5 N–H and O–H groups in total. The summed E-state index contributed by atoms with van der Waals surface area (Å²) in [5, 5.41) is 18.1. The summed E-state index contributed by atoms with van der Waals surface area (Å²) in [5.74, 6) is 0.338. The Balaban J connectivity index is 1.73. The van der Waals surface area contributed by atoms with Crippen LogP contribution in [-0.4, -0.2) is 31.5 Å². The number of hydrogen-bond donors (Lipinski definition) is 4. The molecule has 0 bridgehead atoms. The summed E-state index contributed by atoms with van der Waals surface area (Å²) in [6, 6.07) is 17.7. The van der Waals surface area contributed by atoms with Gasteiger partial charge in [-0.3, -0.25) is 4.79 Å². The first-order valence-electron chi connectivity index (χ1n) is 10.2. The predicted octanol–water partition coefficient (Wildman–Crippen LogP) is 2.53. The number of nitrogens with one attached hydrogen (secondary N) is 3. The van der Waals surface area contributed by atoms with Crippen LogP contribution in [0.1, 0.15) is 41.6 Å².